The van der Waals surface area contributed by atoms with Crippen molar-refractivity contribution in [3.63, 3.8) is 0 Å². The number of imidazole rings is 1. The van der Waals surface area contributed by atoms with Gasteiger partial charge in [-0.3, -0.25) is 0 Å². The summed E-state index contributed by atoms with van der Waals surface area (Å²) in [5, 5.41) is 3.37. The van der Waals surface area contributed by atoms with Gasteiger partial charge in [0.1, 0.15) is 5.82 Å². The van der Waals surface area contributed by atoms with Crippen molar-refractivity contribution in [3.8, 4) is 0 Å². The zero-order chi connectivity index (χ0) is 10.4. The Bertz CT molecular complexity index is 258. The molecule has 0 radical (unpaired) electrons. The van der Waals surface area contributed by atoms with Crippen molar-refractivity contribution in [2.24, 2.45) is 0 Å². The molecule has 0 amide bonds. The summed E-state index contributed by atoms with van der Waals surface area (Å²) in [6.45, 7) is 6.21. The van der Waals surface area contributed by atoms with E-state index in [1.54, 1.807) is 0 Å². The maximum atomic E-state index is 4.33. The number of nitrogens with zero attached hydrogens (tertiary/aromatic N) is 2. The molecule has 1 N–H and O–H groups in total. The minimum absolute atomic E-state index is 0.515. The van der Waals surface area contributed by atoms with E-state index in [0.29, 0.717) is 6.04 Å². The molecular weight excluding hydrogens is 194 g/mol. The molecular formula is C10H19N3S. The summed E-state index contributed by atoms with van der Waals surface area (Å²) in [5.74, 6) is 2.28. The van der Waals surface area contributed by atoms with Gasteiger partial charge in [0, 0.05) is 30.7 Å². The van der Waals surface area contributed by atoms with E-state index in [1.165, 1.54) is 0 Å². The van der Waals surface area contributed by atoms with E-state index in [4.69, 9.17) is 0 Å². The topological polar surface area (TPSA) is 29.9 Å². The fourth-order valence-electron chi connectivity index (χ4n) is 1.20. The van der Waals surface area contributed by atoms with Gasteiger partial charge in [0.05, 0.1) is 6.54 Å². The summed E-state index contributed by atoms with van der Waals surface area (Å²) in [5.41, 5.74) is 0. The first-order valence-corrected chi connectivity index (χ1v) is 6.35. The summed E-state index contributed by atoms with van der Waals surface area (Å²) in [7, 11) is 0. The maximum absolute atomic E-state index is 4.33. The SMILES string of the molecule is CSCCn1ccnc1CNC(C)C. The molecule has 0 saturated heterocycles. The van der Waals surface area contributed by atoms with Gasteiger partial charge in [-0.1, -0.05) is 13.8 Å². The lowest BCUT2D eigenvalue weighted by Crippen LogP contribution is -2.24. The zero-order valence-corrected chi connectivity index (χ0v) is 9.97. The van der Waals surface area contributed by atoms with E-state index < -0.39 is 0 Å². The minimum atomic E-state index is 0.515. The van der Waals surface area contributed by atoms with E-state index in [9.17, 15) is 0 Å². The molecule has 4 heteroatoms. The second kappa shape index (κ2) is 6.09. The molecule has 0 atom stereocenters. The molecule has 1 aromatic heterocycles. The van der Waals surface area contributed by atoms with Crippen molar-refractivity contribution < 1.29 is 0 Å². The van der Waals surface area contributed by atoms with Crippen molar-refractivity contribution in [3.05, 3.63) is 18.2 Å². The lowest BCUT2D eigenvalue weighted by molar-refractivity contribution is 0.552. The van der Waals surface area contributed by atoms with Crippen molar-refractivity contribution >= 4 is 11.8 Å². The van der Waals surface area contributed by atoms with Crippen LogP contribution in [0.2, 0.25) is 0 Å². The van der Waals surface area contributed by atoms with Crippen LogP contribution in [0.3, 0.4) is 0 Å². The lowest BCUT2D eigenvalue weighted by atomic mass is 10.4. The van der Waals surface area contributed by atoms with Gasteiger partial charge in [0.25, 0.3) is 0 Å². The first-order chi connectivity index (χ1) is 6.74. The van der Waals surface area contributed by atoms with Gasteiger partial charge in [-0.2, -0.15) is 11.8 Å². The van der Waals surface area contributed by atoms with Crippen LogP contribution in [0.5, 0.6) is 0 Å². The molecule has 0 unspecified atom stereocenters. The van der Waals surface area contributed by atoms with Crippen LogP contribution < -0.4 is 5.32 Å². The predicted molar refractivity (Wildman–Crippen MR) is 62.6 cm³/mol. The number of hydrogen-bond donors (Lipinski definition) is 1. The van der Waals surface area contributed by atoms with E-state index in [2.05, 4.69) is 35.0 Å². The molecule has 14 heavy (non-hydrogen) atoms. The highest BCUT2D eigenvalue weighted by atomic mass is 32.2. The molecule has 0 aliphatic heterocycles. The molecule has 0 fully saturated rings. The first-order valence-electron chi connectivity index (χ1n) is 4.96. The molecule has 0 saturated carbocycles. The third-order valence-corrected chi connectivity index (χ3v) is 2.60. The van der Waals surface area contributed by atoms with Crippen LogP contribution in [0.1, 0.15) is 19.7 Å². The third-order valence-electron chi connectivity index (χ3n) is 2.01. The maximum Gasteiger partial charge on any atom is 0.122 e. The van der Waals surface area contributed by atoms with Crippen LogP contribution in [0.15, 0.2) is 12.4 Å². The second-order valence-electron chi connectivity index (χ2n) is 3.57. The molecule has 0 aliphatic rings. The third kappa shape index (κ3) is 3.72. The van der Waals surface area contributed by atoms with E-state index in [0.717, 1.165) is 24.7 Å². The van der Waals surface area contributed by atoms with Gasteiger partial charge in [-0.25, -0.2) is 4.98 Å². The number of rotatable bonds is 6. The van der Waals surface area contributed by atoms with Gasteiger partial charge in [0.15, 0.2) is 0 Å². The number of thioether (sulfide) groups is 1. The Balaban J connectivity index is 2.45. The quantitative estimate of drug-likeness (QED) is 0.780. The van der Waals surface area contributed by atoms with Crippen LogP contribution in [0.4, 0.5) is 0 Å². The number of nitrogens with one attached hydrogen (secondary N) is 1. The van der Waals surface area contributed by atoms with E-state index in [1.807, 2.05) is 24.2 Å². The summed E-state index contributed by atoms with van der Waals surface area (Å²) < 4.78 is 2.21. The Labute approximate surface area is 90.3 Å². The molecule has 0 aliphatic carbocycles. The first kappa shape index (κ1) is 11.6. The molecule has 0 aromatic carbocycles. The number of hydrogen-bond acceptors (Lipinski definition) is 3. The van der Waals surface area contributed by atoms with Crippen molar-refractivity contribution in [2.45, 2.75) is 33.0 Å². The Morgan fingerprint density at radius 3 is 3.00 bits per heavy atom. The molecule has 3 nitrogen and oxygen atoms in total. The standard InChI is InChI=1S/C10H19N3S/c1-9(2)12-8-10-11-4-5-13(10)6-7-14-3/h4-5,9,12H,6-8H2,1-3H3. The Kier molecular flexibility index (Phi) is 5.04. The van der Waals surface area contributed by atoms with Gasteiger partial charge < -0.3 is 9.88 Å². The van der Waals surface area contributed by atoms with Gasteiger partial charge >= 0.3 is 0 Å². The van der Waals surface area contributed by atoms with E-state index >= 15 is 0 Å². The Morgan fingerprint density at radius 1 is 1.57 bits per heavy atom. The zero-order valence-electron chi connectivity index (χ0n) is 9.16. The highest BCUT2D eigenvalue weighted by Crippen LogP contribution is 2.01. The molecule has 0 spiro atoms. The average molecular weight is 213 g/mol. The van der Waals surface area contributed by atoms with Crippen LogP contribution in [-0.2, 0) is 13.1 Å². The number of aromatic nitrogens is 2. The van der Waals surface area contributed by atoms with Crippen molar-refractivity contribution in [2.75, 3.05) is 12.0 Å². The minimum Gasteiger partial charge on any atom is -0.333 e. The molecule has 0 bridgehead atoms. The predicted octanol–water partition coefficient (Wildman–Crippen LogP) is 1.74. The van der Waals surface area contributed by atoms with Crippen LogP contribution >= 0.6 is 11.8 Å². The second-order valence-corrected chi connectivity index (χ2v) is 4.55. The normalized spacial score (nSPS) is 11.1. The summed E-state index contributed by atoms with van der Waals surface area (Å²) in [6, 6.07) is 0.515. The van der Waals surface area contributed by atoms with Gasteiger partial charge in [-0.05, 0) is 6.26 Å². The Morgan fingerprint density at radius 2 is 2.36 bits per heavy atom. The smallest absolute Gasteiger partial charge is 0.122 e. The highest BCUT2D eigenvalue weighted by Gasteiger charge is 2.02. The monoisotopic (exact) mass is 213 g/mol. The Hall–Kier alpha value is -0.480. The summed E-state index contributed by atoms with van der Waals surface area (Å²) >= 11 is 1.86. The molecule has 80 valence electrons. The van der Waals surface area contributed by atoms with Crippen LogP contribution in [0.25, 0.3) is 0 Å². The lowest BCUT2D eigenvalue weighted by Gasteiger charge is -2.10. The molecule has 1 heterocycles. The van der Waals surface area contributed by atoms with Crippen LogP contribution in [-0.4, -0.2) is 27.6 Å². The molecule has 1 rings (SSSR count). The van der Waals surface area contributed by atoms with Crippen molar-refractivity contribution in [1.29, 1.82) is 0 Å². The molecule has 1 aromatic rings. The van der Waals surface area contributed by atoms with Crippen LogP contribution in [0, 0.1) is 0 Å². The average Bonchev–Trinajstić information content (AvgIpc) is 2.58. The fourth-order valence-corrected chi connectivity index (χ4v) is 1.58. The van der Waals surface area contributed by atoms with Crippen molar-refractivity contribution in [1.82, 2.24) is 14.9 Å². The highest BCUT2D eigenvalue weighted by molar-refractivity contribution is 7.98. The van der Waals surface area contributed by atoms with Gasteiger partial charge in [-0.15, -0.1) is 0 Å². The largest absolute Gasteiger partial charge is 0.333 e. The van der Waals surface area contributed by atoms with Gasteiger partial charge in [0.2, 0.25) is 0 Å². The number of aryl methyl sites for hydroxylation is 1. The summed E-state index contributed by atoms with van der Waals surface area (Å²) in [6.07, 6.45) is 6.05. The summed E-state index contributed by atoms with van der Waals surface area (Å²) in [4.78, 5) is 4.33. The van der Waals surface area contributed by atoms with E-state index in [-0.39, 0.29) is 0 Å². The fraction of sp³-hybridized carbons (Fsp3) is 0.700.